The molecule has 2 aromatic rings. The molecule has 2 rings (SSSR count). The van der Waals surface area contributed by atoms with E-state index >= 15 is 0 Å². The molecule has 0 aromatic carbocycles. The second kappa shape index (κ2) is 7.31. The standard InChI is InChI=1S/C15H23N5O2/c1-4-7-19(8-9-21)14(22)6-5-13-11(2)18-15-16-10-17-20(15)12(13)3/h10,21H,4-9H2,1-3H3. The van der Waals surface area contributed by atoms with Crippen LogP contribution in [0.15, 0.2) is 6.33 Å². The largest absolute Gasteiger partial charge is 0.395 e. The lowest BCUT2D eigenvalue weighted by molar-refractivity contribution is -0.131. The van der Waals surface area contributed by atoms with Crippen LogP contribution in [0.5, 0.6) is 0 Å². The van der Waals surface area contributed by atoms with E-state index in [0.717, 1.165) is 23.4 Å². The van der Waals surface area contributed by atoms with Gasteiger partial charge in [0.05, 0.1) is 6.61 Å². The highest BCUT2D eigenvalue weighted by atomic mass is 16.3. The average Bonchev–Trinajstić information content (AvgIpc) is 2.95. The van der Waals surface area contributed by atoms with E-state index in [1.807, 2.05) is 20.8 Å². The van der Waals surface area contributed by atoms with Gasteiger partial charge in [0, 0.05) is 30.9 Å². The Morgan fingerprint density at radius 1 is 1.36 bits per heavy atom. The zero-order valence-corrected chi connectivity index (χ0v) is 13.4. The van der Waals surface area contributed by atoms with Gasteiger partial charge in [-0.15, -0.1) is 0 Å². The number of carbonyl (C=O) groups excluding carboxylic acids is 1. The summed E-state index contributed by atoms with van der Waals surface area (Å²) in [6.45, 7) is 6.99. The van der Waals surface area contributed by atoms with Crippen molar-refractivity contribution in [3.05, 3.63) is 23.3 Å². The lowest BCUT2D eigenvalue weighted by atomic mass is 10.1. The monoisotopic (exact) mass is 305 g/mol. The Morgan fingerprint density at radius 2 is 2.14 bits per heavy atom. The Kier molecular flexibility index (Phi) is 5.43. The summed E-state index contributed by atoms with van der Waals surface area (Å²) in [6.07, 6.45) is 3.39. The van der Waals surface area contributed by atoms with Crippen LogP contribution in [0.2, 0.25) is 0 Å². The van der Waals surface area contributed by atoms with E-state index in [-0.39, 0.29) is 12.5 Å². The highest BCUT2D eigenvalue weighted by molar-refractivity contribution is 5.76. The van der Waals surface area contributed by atoms with Gasteiger partial charge in [-0.05, 0) is 32.3 Å². The van der Waals surface area contributed by atoms with Crippen LogP contribution in [0.1, 0.15) is 36.7 Å². The molecule has 2 aromatic heterocycles. The topological polar surface area (TPSA) is 83.6 Å². The van der Waals surface area contributed by atoms with E-state index < -0.39 is 0 Å². The smallest absolute Gasteiger partial charge is 0.252 e. The second-order valence-electron chi connectivity index (χ2n) is 5.34. The molecule has 0 spiro atoms. The van der Waals surface area contributed by atoms with Crippen LogP contribution >= 0.6 is 0 Å². The lowest BCUT2D eigenvalue weighted by Crippen LogP contribution is -2.34. The number of aliphatic hydroxyl groups excluding tert-OH is 1. The minimum atomic E-state index is -0.00370. The first-order valence-electron chi connectivity index (χ1n) is 7.63. The summed E-state index contributed by atoms with van der Waals surface area (Å²) >= 11 is 0. The van der Waals surface area contributed by atoms with Crippen molar-refractivity contribution in [2.75, 3.05) is 19.7 Å². The zero-order chi connectivity index (χ0) is 16.1. The lowest BCUT2D eigenvalue weighted by Gasteiger charge is -2.21. The first-order chi connectivity index (χ1) is 10.6. The average molecular weight is 305 g/mol. The maximum atomic E-state index is 12.3. The number of aliphatic hydroxyl groups is 1. The molecule has 0 atom stereocenters. The molecular formula is C15H23N5O2. The number of rotatable bonds is 7. The molecule has 0 saturated carbocycles. The number of hydrogen-bond acceptors (Lipinski definition) is 5. The van der Waals surface area contributed by atoms with Crippen LogP contribution in [0.25, 0.3) is 5.78 Å². The molecule has 120 valence electrons. The summed E-state index contributed by atoms with van der Waals surface area (Å²) < 4.78 is 1.70. The third-order valence-electron chi connectivity index (χ3n) is 3.79. The first kappa shape index (κ1) is 16.4. The molecule has 22 heavy (non-hydrogen) atoms. The predicted molar refractivity (Wildman–Crippen MR) is 82.5 cm³/mol. The van der Waals surface area contributed by atoms with Gasteiger partial charge in [0.15, 0.2) is 0 Å². The molecule has 7 heteroatoms. The summed E-state index contributed by atoms with van der Waals surface area (Å²) in [4.78, 5) is 22.5. The number of aryl methyl sites for hydroxylation is 2. The molecule has 0 aliphatic rings. The minimum Gasteiger partial charge on any atom is -0.395 e. The normalized spacial score (nSPS) is 11.1. The fraction of sp³-hybridized carbons (Fsp3) is 0.600. The van der Waals surface area contributed by atoms with Gasteiger partial charge in [0.1, 0.15) is 6.33 Å². The molecule has 0 saturated heterocycles. The number of hydrogen-bond donors (Lipinski definition) is 1. The molecule has 1 N–H and O–H groups in total. The number of amides is 1. The van der Waals surface area contributed by atoms with E-state index in [0.29, 0.717) is 31.7 Å². The van der Waals surface area contributed by atoms with Gasteiger partial charge in [-0.1, -0.05) is 6.92 Å². The Balaban J connectivity index is 2.12. The van der Waals surface area contributed by atoms with Crippen LogP contribution < -0.4 is 0 Å². The Bertz CT molecular complexity index is 647. The summed E-state index contributed by atoms with van der Waals surface area (Å²) in [5, 5.41) is 13.2. The molecule has 0 bridgehead atoms. The number of aromatic nitrogens is 4. The van der Waals surface area contributed by atoms with Crippen molar-refractivity contribution in [2.45, 2.75) is 40.0 Å². The van der Waals surface area contributed by atoms with Crippen molar-refractivity contribution in [3.63, 3.8) is 0 Å². The Morgan fingerprint density at radius 3 is 2.82 bits per heavy atom. The molecule has 0 aliphatic carbocycles. The molecule has 0 aliphatic heterocycles. The van der Waals surface area contributed by atoms with E-state index in [1.165, 1.54) is 6.33 Å². The van der Waals surface area contributed by atoms with Crippen molar-refractivity contribution < 1.29 is 9.90 Å². The van der Waals surface area contributed by atoms with Crippen LogP contribution in [0, 0.1) is 13.8 Å². The van der Waals surface area contributed by atoms with Crippen molar-refractivity contribution in [1.82, 2.24) is 24.5 Å². The van der Waals surface area contributed by atoms with Gasteiger partial charge < -0.3 is 10.0 Å². The number of nitrogens with zero attached hydrogens (tertiary/aromatic N) is 5. The van der Waals surface area contributed by atoms with Gasteiger partial charge in [-0.25, -0.2) is 9.50 Å². The fourth-order valence-corrected chi connectivity index (χ4v) is 2.66. The Labute approximate surface area is 130 Å². The van der Waals surface area contributed by atoms with Gasteiger partial charge in [-0.3, -0.25) is 4.79 Å². The van der Waals surface area contributed by atoms with Gasteiger partial charge >= 0.3 is 0 Å². The van der Waals surface area contributed by atoms with Gasteiger partial charge in [-0.2, -0.15) is 10.1 Å². The van der Waals surface area contributed by atoms with Crippen LogP contribution in [-0.4, -0.2) is 55.2 Å². The maximum Gasteiger partial charge on any atom is 0.252 e. The zero-order valence-electron chi connectivity index (χ0n) is 13.4. The SMILES string of the molecule is CCCN(CCO)C(=O)CCc1c(C)nc2ncnn2c1C. The molecule has 2 heterocycles. The molecule has 1 amide bonds. The van der Waals surface area contributed by atoms with Crippen LogP contribution in [-0.2, 0) is 11.2 Å². The van der Waals surface area contributed by atoms with Crippen molar-refractivity contribution in [2.24, 2.45) is 0 Å². The van der Waals surface area contributed by atoms with E-state index in [4.69, 9.17) is 5.11 Å². The summed E-state index contributed by atoms with van der Waals surface area (Å²) in [5.41, 5.74) is 2.89. The third-order valence-corrected chi connectivity index (χ3v) is 3.79. The summed E-state index contributed by atoms with van der Waals surface area (Å²) in [6, 6.07) is 0. The summed E-state index contributed by atoms with van der Waals surface area (Å²) in [5.74, 6) is 0.645. The van der Waals surface area contributed by atoms with E-state index in [9.17, 15) is 4.79 Å². The van der Waals surface area contributed by atoms with Gasteiger partial charge in [0.25, 0.3) is 5.78 Å². The van der Waals surface area contributed by atoms with Gasteiger partial charge in [0.2, 0.25) is 5.91 Å². The third kappa shape index (κ3) is 3.41. The van der Waals surface area contributed by atoms with Crippen molar-refractivity contribution >= 4 is 11.7 Å². The molecule has 0 fully saturated rings. The van der Waals surface area contributed by atoms with E-state index in [2.05, 4.69) is 15.1 Å². The molecular weight excluding hydrogens is 282 g/mol. The van der Waals surface area contributed by atoms with E-state index in [1.54, 1.807) is 9.42 Å². The van der Waals surface area contributed by atoms with Crippen molar-refractivity contribution in [1.29, 1.82) is 0 Å². The highest BCUT2D eigenvalue weighted by Crippen LogP contribution is 2.15. The van der Waals surface area contributed by atoms with Crippen molar-refractivity contribution in [3.8, 4) is 0 Å². The minimum absolute atomic E-state index is 0.00370. The van der Waals surface area contributed by atoms with Crippen LogP contribution in [0.4, 0.5) is 0 Å². The number of fused-ring (bicyclic) bond motifs is 1. The Hall–Kier alpha value is -2.02. The summed E-state index contributed by atoms with van der Waals surface area (Å²) in [7, 11) is 0. The second-order valence-corrected chi connectivity index (χ2v) is 5.34. The quantitative estimate of drug-likeness (QED) is 0.822. The number of carbonyl (C=O) groups is 1. The molecule has 7 nitrogen and oxygen atoms in total. The highest BCUT2D eigenvalue weighted by Gasteiger charge is 2.15. The first-order valence-corrected chi connectivity index (χ1v) is 7.63. The maximum absolute atomic E-state index is 12.3. The molecule has 0 radical (unpaired) electrons. The fourth-order valence-electron chi connectivity index (χ4n) is 2.66. The predicted octanol–water partition coefficient (Wildman–Crippen LogP) is 0.905. The van der Waals surface area contributed by atoms with Crippen LogP contribution in [0.3, 0.4) is 0 Å². The molecule has 0 unspecified atom stereocenters.